The number of nitrogens with zero attached hydrogens (tertiary/aromatic N) is 1. The minimum atomic E-state index is -4.61. The zero-order chi connectivity index (χ0) is 17.4. The Labute approximate surface area is 143 Å². The number of fused-ring (bicyclic) bond motifs is 1. The monoisotopic (exact) mass is 356 g/mol. The number of aryl methyl sites for hydroxylation is 1. The molecule has 3 nitrogen and oxygen atoms in total. The zero-order valence-corrected chi connectivity index (χ0v) is 14.1. The highest BCUT2D eigenvalue weighted by atomic mass is 32.2. The summed E-state index contributed by atoms with van der Waals surface area (Å²) in [4.78, 5) is 11.4. The minimum Gasteiger partial charge on any atom is -0.311 e. The number of alkyl halides is 3. The third kappa shape index (κ3) is 3.01. The van der Waals surface area contributed by atoms with Crippen molar-refractivity contribution in [2.75, 3.05) is 6.54 Å². The standard InChI is InChI=1S/C17H19F3N2OS/c1-12-7-9-13(10-8-12)16(17(18,19)20)21-15(23)22-11-5-3-2-4-6-14(22)24-16/h6-10H,2-5,11H2,1H3,(H,21,23). The summed E-state index contributed by atoms with van der Waals surface area (Å²) in [5.41, 5.74) is 0.913. The molecule has 130 valence electrons. The van der Waals surface area contributed by atoms with E-state index >= 15 is 0 Å². The second-order valence-electron chi connectivity index (χ2n) is 6.12. The summed E-state index contributed by atoms with van der Waals surface area (Å²) in [5, 5.41) is 2.64. The first-order valence-corrected chi connectivity index (χ1v) is 8.78. The van der Waals surface area contributed by atoms with Crippen LogP contribution in [0.3, 0.4) is 0 Å². The molecule has 0 aliphatic carbocycles. The number of halogens is 3. The number of benzene rings is 1. The number of amides is 2. The van der Waals surface area contributed by atoms with Gasteiger partial charge in [0.1, 0.15) is 0 Å². The predicted octanol–water partition coefficient (Wildman–Crippen LogP) is 4.88. The molecule has 1 atom stereocenters. The highest BCUT2D eigenvalue weighted by Crippen LogP contribution is 2.53. The van der Waals surface area contributed by atoms with Gasteiger partial charge in [0.2, 0.25) is 4.87 Å². The van der Waals surface area contributed by atoms with Gasteiger partial charge in [-0.2, -0.15) is 13.2 Å². The lowest BCUT2D eigenvalue weighted by molar-refractivity contribution is -0.168. The third-order valence-corrected chi connectivity index (χ3v) is 5.79. The normalized spacial score (nSPS) is 25.2. The Morgan fingerprint density at radius 3 is 2.54 bits per heavy atom. The lowest BCUT2D eigenvalue weighted by Crippen LogP contribution is -2.60. The molecule has 0 saturated carbocycles. The molecule has 7 heteroatoms. The summed E-state index contributed by atoms with van der Waals surface area (Å²) < 4.78 is 42.0. The molecule has 1 saturated heterocycles. The fourth-order valence-electron chi connectivity index (χ4n) is 2.95. The van der Waals surface area contributed by atoms with Crippen LogP contribution in [0.15, 0.2) is 35.4 Å². The predicted molar refractivity (Wildman–Crippen MR) is 88.3 cm³/mol. The smallest absolute Gasteiger partial charge is 0.311 e. The van der Waals surface area contributed by atoms with Crippen LogP contribution in [0, 0.1) is 6.92 Å². The van der Waals surface area contributed by atoms with Crippen molar-refractivity contribution in [3.05, 3.63) is 46.5 Å². The number of allylic oxidation sites excluding steroid dienone is 1. The number of urea groups is 1. The molecule has 2 aliphatic rings. The SMILES string of the molecule is Cc1ccc(C2(C(F)(F)F)NC(=O)N3CCCCCC=C3S2)cc1. The summed E-state index contributed by atoms with van der Waals surface area (Å²) in [6.07, 6.45) is 0.543. The molecule has 0 aromatic heterocycles. The van der Waals surface area contributed by atoms with E-state index in [4.69, 9.17) is 0 Å². The quantitative estimate of drug-likeness (QED) is 0.777. The summed E-state index contributed by atoms with van der Waals surface area (Å²) >= 11 is 0.685. The van der Waals surface area contributed by atoms with Crippen LogP contribution in [0.2, 0.25) is 0 Å². The molecule has 24 heavy (non-hydrogen) atoms. The Bertz CT molecular complexity index is 657. The third-order valence-electron chi connectivity index (χ3n) is 4.31. The molecular weight excluding hydrogens is 337 g/mol. The molecule has 1 N–H and O–H groups in total. The number of hydrogen-bond donors (Lipinski definition) is 1. The summed E-state index contributed by atoms with van der Waals surface area (Å²) in [5.74, 6) is 0. The van der Waals surface area contributed by atoms with Crippen LogP contribution in [0.25, 0.3) is 0 Å². The van der Waals surface area contributed by atoms with E-state index in [-0.39, 0.29) is 5.56 Å². The lowest BCUT2D eigenvalue weighted by Gasteiger charge is -2.44. The zero-order valence-electron chi connectivity index (χ0n) is 13.3. The van der Waals surface area contributed by atoms with Crippen LogP contribution in [-0.4, -0.2) is 23.7 Å². The molecular formula is C17H19F3N2OS. The van der Waals surface area contributed by atoms with Gasteiger partial charge in [0.25, 0.3) is 0 Å². The van der Waals surface area contributed by atoms with Crippen molar-refractivity contribution in [2.24, 2.45) is 0 Å². The molecule has 2 heterocycles. The molecule has 0 spiro atoms. The Morgan fingerprint density at radius 2 is 1.88 bits per heavy atom. The van der Waals surface area contributed by atoms with E-state index in [0.29, 0.717) is 29.8 Å². The van der Waals surface area contributed by atoms with Gasteiger partial charge in [-0.15, -0.1) is 0 Å². The highest BCUT2D eigenvalue weighted by molar-refractivity contribution is 8.04. The van der Waals surface area contributed by atoms with Gasteiger partial charge in [0.05, 0.1) is 5.03 Å². The maximum atomic E-state index is 14.0. The topological polar surface area (TPSA) is 32.3 Å². The molecule has 3 rings (SSSR count). The van der Waals surface area contributed by atoms with E-state index in [1.54, 1.807) is 18.2 Å². The Kier molecular flexibility index (Phi) is 4.55. The van der Waals surface area contributed by atoms with Crippen molar-refractivity contribution in [1.82, 2.24) is 10.2 Å². The largest absolute Gasteiger partial charge is 0.425 e. The van der Waals surface area contributed by atoms with E-state index in [2.05, 4.69) is 5.32 Å². The van der Waals surface area contributed by atoms with Gasteiger partial charge in [0, 0.05) is 6.54 Å². The van der Waals surface area contributed by atoms with E-state index in [1.165, 1.54) is 17.0 Å². The molecule has 2 aliphatic heterocycles. The van der Waals surface area contributed by atoms with Gasteiger partial charge in [0.15, 0.2) is 0 Å². The van der Waals surface area contributed by atoms with Gasteiger partial charge >= 0.3 is 12.2 Å². The van der Waals surface area contributed by atoms with Crippen molar-refractivity contribution < 1.29 is 18.0 Å². The van der Waals surface area contributed by atoms with Crippen molar-refractivity contribution in [3.63, 3.8) is 0 Å². The minimum absolute atomic E-state index is 0.0431. The number of nitrogens with one attached hydrogen (secondary N) is 1. The molecule has 1 aromatic carbocycles. The second kappa shape index (κ2) is 6.35. The summed E-state index contributed by atoms with van der Waals surface area (Å²) in [7, 11) is 0. The number of carbonyl (C=O) groups excluding carboxylic acids is 1. The Morgan fingerprint density at radius 1 is 1.17 bits per heavy atom. The average molecular weight is 356 g/mol. The number of thioether (sulfide) groups is 1. The number of hydrogen-bond acceptors (Lipinski definition) is 2. The van der Waals surface area contributed by atoms with Crippen molar-refractivity contribution in [2.45, 2.75) is 43.7 Å². The van der Waals surface area contributed by atoms with Gasteiger partial charge in [-0.3, -0.25) is 4.90 Å². The van der Waals surface area contributed by atoms with Gasteiger partial charge < -0.3 is 5.32 Å². The van der Waals surface area contributed by atoms with Crippen LogP contribution in [-0.2, 0) is 4.87 Å². The second-order valence-corrected chi connectivity index (χ2v) is 7.36. The van der Waals surface area contributed by atoms with Crippen LogP contribution >= 0.6 is 11.8 Å². The summed E-state index contributed by atoms with van der Waals surface area (Å²) in [6, 6.07) is 5.47. The first-order chi connectivity index (χ1) is 11.3. The first kappa shape index (κ1) is 17.2. The fraction of sp³-hybridized carbons (Fsp3) is 0.471. The number of rotatable bonds is 1. The van der Waals surface area contributed by atoms with Crippen molar-refractivity contribution in [3.8, 4) is 0 Å². The van der Waals surface area contributed by atoms with E-state index < -0.39 is 17.1 Å². The molecule has 1 aromatic rings. The number of carbonyl (C=O) groups is 1. The average Bonchev–Trinajstić information content (AvgIpc) is 2.48. The maximum absolute atomic E-state index is 14.0. The van der Waals surface area contributed by atoms with Gasteiger partial charge in [-0.05, 0) is 31.7 Å². The van der Waals surface area contributed by atoms with E-state index in [1.807, 2.05) is 6.92 Å². The maximum Gasteiger partial charge on any atom is 0.425 e. The van der Waals surface area contributed by atoms with E-state index in [0.717, 1.165) is 24.8 Å². The molecule has 0 radical (unpaired) electrons. The first-order valence-electron chi connectivity index (χ1n) is 7.96. The van der Waals surface area contributed by atoms with Crippen LogP contribution in [0.4, 0.5) is 18.0 Å². The van der Waals surface area contributed by atoms with Gasteiger partial charge in [-0.25, -0.2) is 4.79 Å². The molecule has 1 fully saturated rings. The van der Waals surface area contributed by atoms with Gasteiger partial charge in [-0.1, -0.05) is 54.1 Å². The van der Waals surface area contributed by atoms with Crippen LogP contribution in [0.5, 0.6) is 0 Å². The van der Waals surface area contributed by atoms with E-state index in [9.17, 15) is 18.0 Å². The summed E-state index contributed by atoms with van der Waals surface area (Å²) in [6.45, 7) is 2.27. The van der Waals surface area contributed by atoms with Crippen LogP contribution < -0.4 is 5.32 Å². The molecule has 2 amide bonds. The molecule has 1 unspecified atom stereocenters. The molecule has 0 bridgehead atoms. The lowest BCUT2D eigenvalue weighted by atomic mass is 10.0. The highest BCUT2D eigenvalue weighted by Gasteiger charge is 2.61. The Hall–Kier alpha value is -1.63. The van der Waals surface area contributed by atoms with Crippen LogP contribution in [0.1, 0.15) is 36.8 Å². The van der Waals surface area contributed by atoms with Crippen molar-refractivity contribution >= 4 is 17.8 Å². The Balaban J connectivity index is 2.07. The fourth-order valence-corrected chi connectivity index (χ4v) is 4.25. The van der Waals surface area contributed by atoms with Crippen molar-refractivity contribution in [1.29, 1.82) is 0 Å².